The molecule has 0 atom stereocenters. The number of nitrogens with two attached hydrogens (primary N) is 1. The van der Waals surface area contributed by atoms with Gasteiger partial charge in [-0.05, 0) is 61.7 Å². The predicted molar refractivity (Wildman–Crippen MR) is 152 cm³/mol. The van der Waals surface area contributed by atoms with Crippen LogP contribution in [0, 0.1) is 6.92 Å². The van der Waals surface area contributed by atoms with E-state index in [1.54, 1.807) is 47.7 Å². The van der Waals surface area contributed by atoms with Gasteiger partial charge in [-0.25, -0.2) is 9.97 Å². The zero-order chi connectivity index (χ0) is 28.8. The summed E-state index contributed by atoms with van der Waals surface area (Å²) in [5.74, 6) is -0.260. The summed E-state index contributed by atoms with van der Waals surface area (Å²) in [5.41, 5.74) is 9.46. The zero-order valence-corrected chi connectivity index (χ0v) is 22.9. The van der Waals surface area contributed by atoms with Crippen molar-refractivity contribution >= 4 is 34.3 Å². The molecule has 0 unspecified atom stereocenters. The Morgan fingerprint density at radius 3 is 2.51 bits per heavy atom. The van der Waals surface area contributed by atoms with Crippen LogP contribution in [0.4, 0.5) is 24.5 Å². The van der Waals surface area contributed by atoms with Crippen molar-refractivity contribution in [3.63, 3.8) is 0 Å². The maximum Gasteiger partial charge on any atom is 0.416 e. The largest absolute Gasteiger partial charge is 0.416 e. The summed E-state index contributed by atoms with van der Waals surface area (Å²) >= 11 is 1.51. The lowest BCUT2D eigenvalue weighted by atomic mass is 9.74. The molecule has 1 saturated heterocycles. The number of carbonyl (C=O) groups excluding carboxylic acids is 1. The number of nitrogens with one attached hydrogen (secondary N) is 1. The molecule has 0 spiro atoms. The molecule has 1 amide bonds. The van der Waals surface area contributed by atoms with Crippen LogP contribution < -0.4 is 11.1 Å². The Labute approximate surface area is 237 Å². The maximum atomic E-state index is 13.3. The first-order chi connectivity index (χ1) is 19.7. The molecule has 7 nitrogen and oxygen atoms in total. The number of para-hydroxylation sites is 2. The van der Waals surface area contributed by atoms with Crippen molar-refractivity contribution in [2.24, 2.45) is 0 Å². The number of nitrogen functional groups attached to an aromatic ring is 1. The third-order valence-electron chi connectivity index (χ3n) is 7.54. The molecule has 0 bridgehead atoms. The third-order valence-corrected chi connectivity index (χ3v) is 8.59. The van der Waals surface area contributed by atoms with Gasteiger partial charge in [0.05, 0.1) is 33.7 Å². The highest BCUT2D eigenvalue weighted by molar-refractivity contribution is 7.10. The Balaban J connectivity index is 1.33. The number of aromatic nitrogens is 3. The maximum absolute atomic E-state index is 13.3. The zero-order valence-electron chi connectivity index (χ0n) is 22.0. The van der Waals surface area contributed by atoms with E-state index in [9.17, 15) is 18.0 Å². The summed E-state index contributed by atoms with van der Waals surface area (Å²) in [4.78, 5) is 22.3. The number of pyridine rings is 1. The van der Waals surface area contributed by atoms with Crippen LogP contribution in [0.2, 0.25) is 0 Å². The molecular formula is C30H26F3N5O2S. The van der Waals surface area contributed by atoms with Crippen LogP contribution in [0.15, 0.2) is 72.2 Å². The van der Waals surface area contributed by atoms with Crippen molar-refractivity contribution in [2.45, 2.75) is 31.4 Å². The number of hydrogen-bond acceptors (Lipinski definition) is 6. The van der Waals surface area contributed by atoms with Gasteiger partial charge in [0.15, 0.2) is 0 Å². The minimum Gasteiger partial charge on any atom is -0.397 e. The smallest absolute Gasteiger partial charge is 0.397 e. The van der Waals surface area contributed by atoms with Gasteiger partial charge in [0.25, 0.3) is 5.91 Å². The average Bonchev–Trinajstić information content (AvgIpc) is 3.58. The Morgan fingerprint density at radius 1 is 1.07 bits per heavy atom. The second kappa shape index (κ2) is 10.3. The lowest BCUT2D eigenvalue weighted by molar-refractivity contribution is -0.137. The number of hydrogen-bond donors (Lipinski definition) is 2. The van der Waals surface area contributed by atoms with Crippen LogP contribution in [0.5, 0.6) is 0 Å². The minimum absolute atomic E-state index is 0.216. The molecule has 3 aromatic heterocycles. The van der Waals surface area contributed by atoms with Crippen molar-refractivity contribution in [1.29, 1.82) is 0 Å². The van der Waals surface area contributed by atoms with E-state index in [2.05, 4.69) is 10.3 Å². The molecule has 1 fully saturated rings. The second-order valence-electron chi connectivity index (χ2n) is 10.0. The van der Waals surface area contributed by atoms with Crippen molar-refractivity contribution in [2.75, 3.05) is 24.3 Å². The topological polar surface area (TPSA) is 94.5 Å². The molecule has 0 saturated carbocycles. The van der Waals surface area contributed by atoms with Gasteiger partial charge in [0.1, 0.15) is 16.3 Å². The molecule has 4 heterocycles. The van der Waals surface area contributed by atoms with Gasteiger partial charge < -0.3 is 15.8 Å². The van der Waals surface area contributed by atoms with E-state index in [1.807, 2.05) is 17.5 Å². The number of alkyl halides is 3. The van der Waals surface area contributed by atoms with E-state index in [4.69, 9.17) is 15.5 Å². The highest BCUT2D eigenvalue weighted by atomic mass is 32.1. The minimum atomic E-state index is -4.45. The summed E-state index contributed by atoms with van der Waals surface area (Å²) in [5, 5.41) is 5.66. The molecule has 210 valence electrons. The monoisotopic (exact) mass is 577 g/mol. The number of aryl methyl sites for hydroxylation is 1. The number of thiazole rings is 1. The molecule has 1 aliphatic heterocycles. The number of fused-ring (bicyclic) bond motifs is 1. The van der Waals surface area contributed by atoms with E-state index < -0.39 is 17.2 Å². The van der Waals surface area contributed by atoms with Crippen molar-refractivity contribution in [3.8, 4) is 11.4 Å². The third kappa shape index (κ3) is 4.95. The number of rotatable bonds is 5. The quantitative estimate of drug-likeness (QED) is 0.226. The number of halogens is 3. The fourth-order valence-corrected chi connectivity index (χ4v) is 6.43. The summed E-state index contributed by atoms with van der Waals surface area (Å²) < 4.78 is 47.1. The number of amides is 1. The van der Waals surface area contributed by atoms with Crippen LogP contribution in [0.3, 0.4) is 0 Å². The lowest BCUT2D eigenvalue weighted by Crippen LogP contribution is -2.35. The fourth-order valence-electron chi connectivity index (χ4n) is 5.34. The van der Waals surface area contributed by atoms with Crippen LogP contribution in [0.25, 0.3) is 17.0 Å². The number of ether oxygens (including phenoxy) is 1. The van der Waals surface area contributed by atoms with Crippen LogP contribution in [-0.2, 0) is 16.3 Å². The molecule has 41 heavy (non-hydrogen) atoms. The average molecular weight is 578 g/mol. The second-order valence-corrected chi connectivity index (χ2v) is 10.9. The number of carbonyl (C=O) groups is 1. The molecule has 3 N–H and O–H groups in total. The molecule has 11 heteroatoms. The Hall–Kier alpha value is -4.22. The molecular weight excluding hydrogens is 551 g/mol. The van der Waals surface area contributed by atoms with Gasteiger partial charge in [0.2, 0.25) is 0 Å². The van der Waals surface area contributed by atoms with E-state index in [1.165, 1.54) is 17.5 Å². The first-order valence-electron chi connectivity index (χ1n) is 13.0. The number of anilines is 2. The molecule has 1 aliphatic rings. The van der Waals surface area contributed by atoms with Gasteiger partial charge in [-0.1, -0.05) is 24.3 Å². The summed E-state index contributed by atoms with van der Waals surface area (Å²) in [6, 6.07) is 16.7. The fraction of sp³-hybridized carbons (Fsp3) is 0.233. The molecule has 6 rings (SSSR count). The molecule has 2 aromatic carbocycles. The van der Waals surface area contributed by atoms with E-state index in [-0.39, 0.29) is 11.6 Å². The summed E-state index contributed by atoms with van der Waals surface area (Å²) in [6.07, 6.45) is -1.65. The van der Waals surface area contributed by atoms with Crippen molar-refractivity contribution in [1.82, 2.24) is 14.4 Å². The van der Waals surface area contributed by atoms with Crippen molar-refractivity contribution in [3.05, 3.63) is 99.6 Å². The van der Waals surface area contributed by atoms with Gasteiger partial charge >= 0.3 is 6.18 Å². The SMILES string of the molecule is Cc1nc2cc(C(F)(F)F)ccn2c1-c1csc(C2(c3ccc(C(=O)Nc4ccccc4N)cc3)CCOCC2)n1. The van der Waals surface area contributed by atoms with E-state index in [0.29, 0.717) is 60.1 Å². The first kappa shape index (κ1) is 27.0. The standard InChI is InChI=1S/C30H26F3N5O2S/c1-18-26(38-13-10-21(30(31,32)33)16-25(38)35-18)24-17-41-28(37-24)29(11-14-40-15-12-29)20-8-6-19(7-9-20)27(39)36-23-5-3-2-4-22(23)34/h2-10,13,16-17H,11-12,14-15,34H2,1H3,(H,36,39). The van der Waals surface area contributed by atoms with Crippen LogP contribution in [0.1, 0.15) is 45.0 Å². The number of benzene rings is 2. The highest BCUT2D eigenvalue weighted by Gasteiger charge is 2.39. The first-order valence-corrected chi connectivity index (χ1v) is 13.9. The number of nitrogens with zero attached hydrogens (tertiary/aromatic N) is 3. The van der Waals surface area contributed by atoms with Crippen molar-refractivity contribution < 1.29 is 22.7 Å². The van der Waals surface area contributed by atoms with Crippen LogP contribution in [-0.4, -0.2) is 33.5 Å². The van der Waals surface area contributed by atoms with Crippen LogP contribution >= 0.6 is 11.3 Å². The van der Waals surface area contributed by atoms with E-state index >= 15 is 0 Å². The summed E-state index contributed by atoms with van der Waals surface area (Å²) in [7, 11) is 0. The summed E-state index contributed by atoms with van der Waals surface area (Å²) in [6.45, 7) is 2.88. The normalized spacial score (nSPS) is 15.2. The molecule has 0 aliphatic carbocycles. The highest BCUT2D eigenvalue weighted by Crippen LogP contribution is 2.44. The lowest BCUT2D eigenvalue weighted by Gasteiger charge is -2.36. The Kier molecular flexibility index (Phi) is 6.79. The van der Waals surface area contributed by atoms with E-state index in [0.717, 1.165) is 22.7 Å². The Bertz CT molecular complexity index is 1740. The number of imidazole rings is 1. The van der Waals surface area contributed by atoms with Gasteiger partial charge in [-0.15, -0.1) is 11.3 Å². The Morgan fingerprint density at radius 2 is 1.80 bits per heavy atom. The molecule has 0 radical (unpaired) electrons. The molecule has 5 aromatic rings. The van der Waals surface area contributed by atoms with Gasteiger partial charge in [0, 0.05) is 30.4 Å². The predicted octanol–water partition coefficient (Wildman–Crippen LogP) is 6.72. The van der Waals surface area contributed by atoms with Gasteiger partial charge in [-0.2, -0.15) is 13.2 Å². The van der Waals surface area contributed by atoms with Gasteiger partial charge in [-0.3, -0.25) is 9.20 Å².